The first-order valence-corrected chi connectivity index (χ1v) is 9.43. The number of thiazole rings is 1. The zero-order valence-electron chi connectivity index (χ0n) is 13.6. The van der Waals surface area contributed by atoms with E-state index >= 15 is 0 Å². The summed E-state index contributed by atoms with van der Waals surface area (Å²) in [6.45, 7) is 4.85. The summed E-state index contributed by atoms with van der Waals surface area (Å²) < 4.78 is 2.96. The number of aromatic nitrogens is 1. The zero-order valence-corrected chi connectivity index (χ0v) is 16.0. The van der Waals surface area contributed by atoms with Gasteiger partial charge in [0, 0.05) is 22.0 Å². The lowest BCUT2D eigenvalue weighted by Crippen LogP contribution is -2.12. The van der Waals surface area contributed by atoms with Crippen LogP contribution >= 0.6 is 27.3 Å². The van der Waals surface area contributed by atoms with Crippen molar-refractivity contribution in [1.82, 2.24) is 4.68 Å². The summed E-state index contributed by atoms with van der Waals surface area (Å²) in [5.74, 6) is 0. The van der Waals surface area contributed by atoms with Crippen LogP contribution < -0.4 is 4.80 Å². The Bertz CT molecular complexity index is 938. The fourth-order valence-corrected chi connectivity index (χ4v) is 3.76. The second kappa shape index (κ2) is 7.73. The van der Waals surface area contributed by atoms with Gasteiger partial charge < -0.3 is 0 Å². The molecule has 1 heterocycles. The molecule has 0 spiro atoms. The minimum atomic E-state index is 0.732. The first-order chi connectivity index (χ1) is 11.7. The molecule has 0 bridgehead atoms. The molecule has 0 amide bonds. The molecule has 0 N–H and O–H groups in total. The maximum absolute atomic E-state index is 4.70. The molecule has 0 saturated heterocycles. The van der Waals surface area contributed by atoms with Crippen LogP contribution in [-0.2, 0) is 0 Å². The smallest absolute Gasteiger partial charge is 0.206 e. The first-order valence-electron chi connectivity index (χ1n) is 7.76. The minimum Gasteiger partial charge on any atom is -0.258 e. The van der Waals surface area contributed by atoms with Crippen molar-refractivity contribution in [2.24, 2.45) is 10.1 Å². The van der Waals surface area contributed by atoms with Crippen molar-refractivity contribution in [2.75, 3.05) is 6.54 Å². The first kappa shape index (κ1) is 16.9. The predicted molar refractivity (Wildman–Crippen MR) is 106 cm³/mol. The van der Waals surface area contributed by atoms with Crippen molar-refractivity contribution in [3.63, 3.8) is 0 Å². The molecule has 3 aromatic rings. The molecule has 2 aromatic carbocycles. The van der Waals surface area contributed by atoms with Crippen molar-refractivity contribution < 1.29 is 0 Å². The number of hydrogen-bond acceptors (Lipinski definition) is 3. The molecule has 0 aliphatic heterocycles. The summed E-state index contributed by atoms with van der Waals surface area (Å²) >= 11 is 5.23. The lowest BCUT2D eigenvalue weighted by atomic mass is 10.1. The predicted octanol–water partition coefficient (Wildman–Crippen LogP) is 5.09. The van der Waals surface area contributed by atoms with Crippen LogP contribution in [0.25, 0.3) is 11.3 Å². The van der Waals surface area contributed by atoms with Gasteiger partial charge in [0.15, 0.2) is 0 Å². The van der Waals surface area contributed by atoms with Gasteiger partial charge in [-0.05, 0) is 25.5 Å². The number of nitrogens with zero attached hydrogens (tertiary/aromatic N) is 3. The monoisotopic (exact) mass is 399 g/mol. The van der Waals surface area contributed by atoms with E-state index in [2.05, 4.69) is 57.5 Å². The van der Waals surface area contributed by atoms with Gasteiger partial charge in [0.1, 0.15) is 0 Å². The highest BCUT2D eigenvalue weighted by molar-refractivity contribution is 9.10. The Morgan fingerprint density at radius 1 is 1.17 bits per heavy atom. The molecule has 3 rings (SSSR count). The van der Waals surface area contributed by atoms with Crippen LogP contribution in [0.4, 0.5) is 0 Å². The molecule has 122 valence electrons. The summed E-state index contributed by atoms with van der Waals surface area (Å²) in [6, 6.07) is 16.5. The molecule has 1 aromatic heterocycles. The van der Waals surface area contributed by atoms with E-state index in [1.54, 1.807) is 11.3 Å². The van der Waals surface area contributed by atoms with Gasteiger partial charge in [-0.15, -0.1) is 11.3 Å². The standard InChI is InChI=1S/C19H18BrN3S/c1-3-21-19-23(22-12-15-8-6-7-14(2)11-15)18(13-24-19)16-9-4-5-10-17(16)20/h4-13H,3H2,1-2H3. The zero-order chi connectivity index (χ0) is 16.9. The van der Waals surface area contributed by atoms with Crippen LogP contribution in [0, 0.1) is 6.92 Å². The molecule has 0 radical (unpaired) electrons. The lowest BCUT2D eigenvalue weighted by molar-refractivity contribution is 0.832. The van der Waals surface area contributed by atoms with Gasteiger partial charge in [-0.3, -0.25) is 4.99 Å². The van der Waals surface area contributed by atoms with Crippen LogP contribution in [0.2, 0.25) is 0 Å². The van der Waals surface area contributed by atoms with Gasteiger partial charge in [0.05, 0.1) is 11.9 Å². The van der Waals surface area contributed by atoms with Crippen LogP contribution in [0.3, 0.4) is 0 Å². The normalized spacial score (nSPS) is 12.2. The van der Waals surface area contributed by atoms with E-state index in [1.165, 1.54) is 5.56 Å². The molecule has 3 nitrogen and oxygen atoms in total. The Morgan fingerprint density at radius 3 is 2.75 bits per heavy atom. The van der Waals surface area contributed by atoms with E-state index in [9.17, 15) is 0 Å². The van der Waals surface area contributed by atoms with Crippen molar-refractivity contribution >= 4 is 33.5 Å². The molecular weight excluding hydrogens is 382 g/mol. The molecule has 0 saturated carbocycles. The van der Waals surface area contributed by atoms with E-state index in [0.29, 0.717) is 0 Å². The molecule has 0 aliphatic rings. The van der Waals surface area contributed by atoms with Crippen LogP contribution in [-0.4, -0.2) is 17.4 Å². The highest BCUT2D eigenvalue weighted by atomic mass is 79.9. The van der Waals surface area contributed by atoms with E-state index in [1.807, 2.05) is 42.1 Å². The Kier molecular flexibility index (Phi) is 5.43. The Labute approximate surface area is 154 Å². The lowest BCUT2D eigenvalue weighted by Gasteiger charge is -2.05. The van der Waals surface area contributed by atoms with Crippen LogP contribution in [0.1, 0.15) is 18.1 Å². The van der Waals surface area contributed by atoms with Gasteiger partial charge in [-0.1, -0.05) is 64.0 Å². The van der Waals surface area contributed by atoms with Crippen molar-refractivity contribution in [3.8, 4) is 11.3 Å². The van der Waals surface area contributed by atoms with Crippen LogP contribution in [0.5, 0.6) is 0 Å². The third-order valence-electron chi connectivity index (χ3n) is 3.49. The SMILES string of the molecule is CCN=c1scc(-c2ccccc2Br)n1N=Cc1cccc(C)c1. The fraction of sp³-hybridized carbons (Fsp3) is 0.158. The van der Waals surface area contributed by atoms with Gasteiger partial charge in [-0.2, -0.15) is 5.10 Å². The van der Waals surface area contributed by atoms with E-state index < -0.39 is 0 Å². The second-order valence-corrected chi connectivity index (χ2v) is 7.02. The van der Waals surface area contributed by atoms with Crippen molar-refractivity contribution in [2.45, 2.75) is 13.8 Å². The van der Waals surface area contributed by atoms with Gasteiger partial charge in [-0.25, -0.2) is 4.68 Å². The van der Waals surface area contributed by atoms with Gasteiger partial charge in [0.2, 0.25) is 4.80 Å². The third-order valence-corrected chi connectivity index (χ3v) is 5.04. The molecule has 0 fully saturated rings. The number of hydrogen-bond donors (Lipinski definition) is 0. The summed E-state index contributed by atoms with van der Waals surface area (Å²) in [5.41, 5.74) is 4.43. The summed E-state index contributed by atoms with van der Waals surface area (Å²) in [4.78, 5) is 5.46. The number of halogens is 1. The second-order valence-electron chi connectivity index (χ2n) is 5.33. The van der Waals surface area contributed by atoms with E-state index in [-0.39, 0.29) is 0 Å². The van der Waals surface area contributed by atoms with Gasteiger partial charge in [0.25, 0.3) is 0 Å². The highest BCUT2D eigenvalue weighted by Crippen LogP contribution is 2.28. The third kappa shape index (κ3) is 3.74. The number of aryl methyl sites for hydroxylation is 1. The maximum atomic E-state index is 4.70. The summed E-state index contributed by atoms with van der Waals surface area (Å²) in [7, 11) is 0. The van der Waals surface area contributed by atoms with E-state index in [0.717, 1.165) is 32.6 Å². The van der Waals surface area contributed by atoms with Crippen molar-refractivity contribution in [1.29, 1.82) is 0 Å². The van der Waals surface area contributed by atoms with Crippen molar-refractivity contribution in [3.05, 3.63) is 74.3 Å². The molecular formula is C19H18BrN3S. The Balaban J connectivity index is 2.10. The summed E-state index contributed by atoms with van der Waals surface area (Å²) in [6.07, 6.45) is 1.88. The highest BCUT2D eigenvalue weighted by Gasteiger charge is 2.09. The van der Waals surface area contributed by atoms with Gasteiger partial charge >= 0.3 is 0 Å². The topological polar surface area (TPSA) is 29.6 Å². The molecule has 5 heteroatoms. The average molecular weight is 400 g/mol. The molecule has 24 heavy (non-hydrogen) atoms. The molecule has 0 unspecified atom stereocenters. The van der Waals surface area contributed by atoms with Crippen LogP contribution in [0.15, 0.2) is 68.5 Å². The minimum absolute atomic E-state index is 0.732. The molecule has 0 atom stereocenters. The quantitative estimate of drug-likeness (QED) is 0.546. The largest absolute Gasteiger partial charge is 0.258 e. The number of rotatable bonds is 4. The Hall–Kier alpha value is -1.98. The fourth-order valence-electron chi connectivity index (χ4n) is 2.38. The van der Waals surface area contributed by atoms with E-state index in [4.69, 9.17) is 5.10 Å². The molecule has 0 aliphatic carbocycles. The number of benzene rings is 2. The maximum Gasteiger partial charge on any atom is 0.206 e. The summed E-state index contributed by atoms with van der Waals surface area (Å²) in [5, 5.41) is 6.80. The average Bonchev–Trinajstić information content (AvgIpc) is 2.96. The Morgan fingerprint density at radius 2 is 2.00 bits per heavy atom.